The molecule has 4 aromatic carbocycles. The Balaban J connectivity index is 1.46. The van der Waals surface area contributed by atoms with Crippen LogP contribution in [0.1, 0.15) is 86.5 Å². The number of ether oxygens (including phenoxy) is 1. The van der Waals surface area contributed by atoms with Gasteiger partial charge in [0.25, 0.3) is 0 Å². The highest BCUT2D eigenvalue weighted by Gasteiger charge is 2.15. The Hall–Kier alpha value is -3.32. The van der Waals surface area contributed by atoms with E-state index in [1.54, 1.807) is 0 Å². The molecular formula is C34H38O. The zero-order chi connectivity index (χ0) is 24.3. The van der Waals surface area contributed by atoms with Crippen molar-refractivity contribution in [3.63, 3.8) is 0 Å². The van der Waals surface area contributed by atoms with Gasteiger partial charge in [0.05, 0.1) is 0 Å². The number of benzene rings is 4. The van der Waals surface area contributed by atoms with Crippen LogP contribution < -0.4 is 4.74 Å². The maximum atomic E-state index is 6.22. The van der Waals surface area contributed by atoms with Gasteiger partial charge in [-0.1, -0.05) is 124 Å². The minimum atomic E-state index is 0.433. The third-order valence-electron chi connectivity index (χ3n) is 6.90. The van der Waals surface area contributed by atoms with E-state index in [9.17, 15) is 0 Å². The van der Waals surface area contributed by atoms with E-state index in [0.717, 1.165) is 11.5 Å². The minimum Gasteiger partial charge on any atom is -0.457 e. The van der Waals surface area contributed by atoms with Crippen LogP contribution in [0.25, 0.3) is 0 Å². The van der Waals surface area contributed by atoms with Gasteiger partial charge in [0.1, 0.15) is 11.5 Å². The molecule has 0 spiro atoms. The van der Waals surface area contributed by atoms with Crippen molar-refractivity contribution in [2.75, 3.05) is 0 Å². The average Bonchev–Trinajstić information content (AvgIpc) is 2.92. The summed E-state index contributed by atoms with van der Waals surface area (Å²) in [6.07, 6.45) is 7.22. The minimum absolute atomic E-state index is 0.433. The number of unbranched alkanes of at least 4 members (excludes halogenated alkanes) is 2. The molecule has 2 unspecified atom stereocenters. The molecule has 0 fully saturated rings. The largest absolute Gasteiger partial charge is 0.457 e. The van der Waals surface area contributed by atoms with Crippen LogP contribution in [0.15, 0.2) is 109 Å². The van der Waals surface area contributed by atoms with Gasteiger partial charge in [-0.15, -0.1) is 0 Å². The monoisotopic (exact) mass is 462 g/mol. The molecule has 0 bridgehead atoms. The van der Waals surface area contributed by atoms with E-state index in [4.69, 9.17) is 4.74 Å². The van der Waals surface area contributed by atoms with Crippen LogP contribution in [0.2, 0.25) is 0 Å². The lowest BCUT2D eigenvalue weighted by Gasteiger charge is -2.19. The van der Waals surface area contributed by atoms with Gasteiger partial charge in [0, 0.05) is 11.8 Å². The van der Waals surface area contributed by atoms with Crippen molar-refractivity contribution >= 4 is 0 Å². The molecule has 180 valence electrons. The highest BCUT2D eigenvalue weighted by molar-refractivity contribution is 5.40. The molecule has 0 heterocycles. The van der Waals surface area contributed by atoms with Gasteiger partial charge >= 0.3 is 0 Å². The average molecular weight is 463 g/mol. The van der Waals surface area contributed by atoms with Gasteiger partial charge in [0.15, 0.2) is 0 Å². The lowest BCUT2D eigenvalue weighted by Crippen LogP contribution is -2.01. The predicted octanol–water partition coefficient (Wildman–Crippen LogP) is 10.1. The Morgan fingerprint density at radius 2 is 0.800 bits per heavy atom. The normalized spacial score (nSPS) is 12.7. The summed E-state index contributed by atoms with van der Waals surface area (Å²) < 4.78 is 6.22. The fourth-order valence-corrected chi connectivity index (χ4v) is 4.91. The number of hydrogen-bond donors (Lipinski definition) is 0. The van der Waals surface area contributed by atoms with Crippen LogP contribution in [0.4, 0.5) is 0 Å². The summed E-state index contributed by atoms with van der Waals surface area (Å²) in [5, 5.41) is 0. The van der Waals surface area contributed by atoms with Crippen molar-refractivity contribution < 1.29 is 4.74 Å². The maximum absolute atomic E-state index is 6.22. The summed E-state index contributed by atoms with van der Waals surface area (Å²) in [4.78, 5) is 0. The molecule has 4 rings (SSSR count). The van der Waals surface area contributed by atoms with Crippen molar-refractivity contribution in [1.82, 2.24) is 0 Å². The molecule has 0 N–H and O–H groups in total. The topological polar surface area (TPSA) is 9.23 Å². The first-order valence-corrected chi connectivity index (χ1v) is 13.3. The van der Waals surface area contributed by atoms with E-state index >= 15 is 0 Å². The smallest absolute Gasteiger partial charge is 0.127 e. The third-order valence-corrected chi connectivity index (χ3v) is 6.90. The molecule has 0 aliphatic carbocycles. The quantitative estimate of drug-likeness (QED) is 0.203. The highest BCUT2D eigenvalue weighted by Crippen LogP contribution is 2.34. The first-order chi connectivity index (χ1) is 17.3. The molecule has 1 nitrogen and oxygen atoms in total. The Kier molecular flexibility index (Phi) is 9.17. The van der Waals surface area contributed by atoms with Crippen molar-refractivity contribution in [3.05, 3.63) is 131 Å². The first-order valence-electron chi connectivity index (χ1n) is 13.3. The van der Waals surface area contributed by atoms with E-state index in [2.05, 4.69) is 123 Å². The fourth-order valence-electron chi connectivity index (χ4n) is 4.91. The SMILES string of the molecule is CCCCC(c1ccccc1)c1ccc(Oc2ccc(C(CCCC)c3ccccc3)cc2)cc1. The molecule has 35 heavy (non-hydrogen) atoms. The second kappa shape index (κ2) is 13.0. The van der Waals surface area contributed by atoms with Crippen LogP contribution in [0.5, 0.6) is 11.5 Å². The van der Waals surface area contributed by atoms with Crippen LogP contribution in [-0.4, -0.2) is 0 Å². The lowest BCUT2D eigenvalue weighted by atomic mass is 9.87. The number of rotatable bonds is 12. The van der Waals surface area contributed by atoms with E-state index in [1.807, 2.05) is 0 Å². The third kappa shape index (κ3) is 6.85. The van der Waals surface area contributed by atoms with Gasteiger partial charge < -0.3 is 4.74 Å². The predicted molar refractivity (Wildman–Crippen MR) is 149 cm³/mol. The lowest BCUT2D eigenvalue weighted by molar-refractivity contribution is 0.481. The first kappa shape index (κ1) is 24.8. The van der Waals surface area contributed by atoms with E-state index < -0.39 is 0 Å². The highest BCUT2D eigenvalue weighted by atomic mass is 16.5. The van der Waals surface area contributed by atoms with Gasteiger partial charge in [-0.2, -0.15) is 0 Å². The Labute approximate surface area is 211 Å². The summed E-state index contributed by atoms with van der Waals surface area (Å²) in [7, 11) is 0. The molecule has 1 heteroatoms. The molecule has 4 aromatic rings. The summed E-state index contributed by atoms with van der Waals surface area (Å²) in [6, 6.07) is 39.1. The van der Waals surface area contributed by atoms with Gasteiger partial charge in [-0.25, -0.2) is 0 Å². The molecule has 0 saturated heterocycles. The summed E-state index contributed by atoms with van der Waals surface area (Å²) in [6.45, 7) is 4.52. The molecular weight excluding hydrogens is 424 g/mol. The molecule has 0 radical (unpaired) electrons. The molecule has 0 amide bonds. The Morgan fingerprint density at radius 1 is 0.457 bits per heavy atom. The van der Waals surface area contributed by atoms with Crippen molar-refractivity contribution in [1.29, 1.82) is 0 Å². The van der Waals surface area contributed by atoms with Crippen LogP contribution >= 0.6 is 0 Å². The van der Waals surface area contributed by atoms with Crippen LogP contribution in [-0.2, 0) is 0 Å². The summed E-state index contributed by atoms with van der Waals surface area (Å²) in [5.41, 5.74) is 5.49. The van der Waals surface area contributed by atoms with Gasteiger partial charge in [0.2, 0.25) is 0 Å². The second-order valence-corrected chi connectivity index (χ2v) is 9.45. The van der Waals surface area contributed by atoms with E-state index in [1.165, 1.54) is 60.8 Å². The Morgan fingerprint density at radius 3 is 1.14 bits per heavy atom. The van der Waals surface area contributed by atoms with Crippen molar-refractivity contribution in [3.8, 4) is 11.5 Å². The molecule has 0 aliphatic rings. The number of hydrogen-bond acceptors (Lipinski definition) is 1. The summed E-state index contributed by atoms with van der Waals surface area (Å²) >= 11 is 0. The second-order valence-electron chi connectivity index (χ2n) is 9.45. The standard InChI is InChI=1S/C34H38O/c1-3-5-17-33(27-13-9-7-10-14-27)29-19-23-31(24-20-29)35-32-25-21-30(22-26-32)34(18-6-4-2)28-15-11-8-12-16-28/h7-16,19-26,33-34H,3-6,17-18H2,1-2H3. The zero-order valence-electron chi connectivity index (χ0n) is 21.2. The van der Waals surface area contributed by atoms with Crippen LogP contribution in [0, 0.1) is 0 Å². The van der Waals surface area contributed by atoms with Gasteiger partial charge in [-0.3, -0.25) is 0 Å². The van der Waals surface area contributed by atoms with Crippen molar-refractivity contribution in [2.24, 2.45) is 0 Å². The van der Waals surface area contributed by atoms with Crippen molar-refractivity contribution in [2.45, 2.75) is 64.2 Å². The fraction of sp³-hybridized carbons (Fsp3) is 0.294. The molecule has 0 aromatic heterocycles. The van der Waals surface area contributed by atoms with Gasteiger partial charge in [-0.05, 0) is 59.4 Å². The van der Waals surface area contributed by atoms with E-state index in [0.29, 0.717) is 11.8 Å². The molecule has 2 atom stereocenters. The zero-order valence-corrected chi connectivity index (χ0v) is 21.2. The maximum Gasteiger partial charge on any atom is 0.127 e. The van der Waals surface area contributed by atoms with Crippen LogP contribution in [0.3, 0.4) is 0 Å². The molecule has 0 aliphatic heterocycles. The molecule has 0 saturated carbocycles. The summed E-state index contributed by atoms with van der Waals surface area (Å²) in [5.74, 6) is 2.63. The Bertz CT molecular complexity index is 1020. The van der Waals surface area contributed by atoms with E-state index in [-0.39, 0.29) is 0 Å².